The summed E-state index contributed by atoms with van der Waals surface area (Å²) in [5, 5.41) is -0.511. The summed E-state index contributed by atoms with van der Waals surface area (Å²) >= 11 is 5.58. The molecular weight excluding hydrogens is 399 g/mol. The van der Waals surface area contributed by atoms with Crippen LogP contribution in [-0.2, 0) is 22.6 Å². The van der Waals surface area contributed by atoms with Crippen LogP contribution in [-0.4, -0.2) is 25.8 Å². The number of sulfonamides is 1. The van der Waals surface area contributed by atoms with E-state index in [1.165, 1.54) is 9.87 Å². The van der Waals surface area contributed by atoms with Crippen LogP contribution in [0.5, 0.6) is 0 Å². The van der Waals surface area contributed by atoms with E-state index in [1.807, 2.05) is 30.3 Å². The highest BCUT2D eigenvalue weighted by Gasteiger charge is 2.36. The fourth-order valence-electron chi connectivity index (χ4n) is 3.33. The van der Waals surface area contributed by atoms with Crippen molar-refractivity contribution in [2.24, 2.45) is 5.92 Å². The van der Waals surface area contributed by atoms with Crippen molar-refractivity contribution in [3.8, 4) is 0 Å². The van der Waals surface area contributed by atoms with Crippen molar-refractivity contribution in [2.45, 2.75) is 30.3 Å². The lowest BCUT2D eigenvalue weighted by Crippen LogP contribution is -2.39. The van der Waals surface area contributed by atoms with Crippen LogP contribution in [0.3, 0.4) is 0 Å². The molecular formula is C19H19ClF3NO2S. The standard InChI is InChI=1S/C19H19ClF3NO2S/c20-18-7-6-16(13-17(18)19(21,22)23)27(25,26)24-10-8-15(9-11-24)12-14-4-2-1-3-5-14/h1-7,13,15H,8-12H2. The van der Waals surface area contributed by atoms with Gasteiger partial charge in [0.25, 0.3) is 0 Å². The Labute approximate surface area is 161 Å². The molecule has 0 unspecified atom stereocenters. The Hall–Kier alpha value is -1.57. The van der Waals surface area contributed by atoms with Gasteiger partial charge in [-0.2, -0.15) is 17.5 Å². The summed E-state index contributed by atoms with van der Waals surface area (Å²) < 4.78 is 65.9. The van der Waals surface area contributed by atoms with E-state index >= 15 is 0 Å². The molecule has 0 bridgehead atoms. The molecule has 0 amide bonds. The summed E-state index contributed by atoms with van der Waals surface area (Å²) in [7, 11) is -3.98. The second kappa shape index (κ2) is 7.81. The molecule has 2 aromatic carbocycles. The van der Waals surface area contributed by atoms with Crippen LogP contribution in [0.2, 0.25) is 5.02 Å². The van der Waals surface area contributed by atoms with Crippen LogP contribution in [0.1, 0.15) is 24.0 Å². The quantitative estimate of drug-likeness (QED) is 0.701. The zero-order chi connectivity index (χ0) is 19.7. The molecule has 3 nitrogen and oxygen atoms in total. The number of halogens is 4. The Morgan fingerprint density at radius 1 is 1.04 bits per heavy atom. The van der Waals surface area contributed by atoms with Crippen molar-refractivity contribution in [3.05, 3.63) is 64.7 Å². The second-order valence-corrected chi connectivity index (χ2v) is 9.02. The van der Waals surface area contributed by atoms with E-state index in [2.05, 4.69) is 0 Å². The lowest BCUT2D eigenvalue weighted by atomic mass is 9.91. The maximum atomic E-state index is 13.0. The molecule has 0 aliphatic carbocycles. The van der Waals surface area contributed by atoms with Gasteiger partial charge in [-0.25, -0.2) is 8.42 Å². The molecule has 1 aliphatic heterocycles. The highest BCUT2D eigenvalue weighted by atomic mass is 35.5. The molecule has 0 atom stereocenters. The number of nitrogens with zero attached hydrogens (tertiary/aromatic N) is 1. The number of hydrogen-bond donors (Lipinski definition) is 0. The smallest absolute Gasteiger partial charge is 0.207 e. The molecule has 0 radical (unpaired) electrons. The maximum Gasteiger partial charge on any atom is 0.417 e. The van der Waals surface area contributed by atoms with Gasteiger partial charge in [0.15, 0.2) is 0 Å². The summed E-state index contributed by atoms with van der Waals surface area (Å²) in [4.78, 5) is -0.374. The largest absolute Gasteiger partial charge is 0.417 e. The van der Waals surface area contributed by atoms with Crippen molar-refractivity contribution in [1.29, 1.82) is 0 Å². The Morgan fingerprint density at radius 2 is 1.67 bits per heavy atom. The van der Waals surface area contributed by atoms with E-state index in [1.54, 1.807) is 0 Å². The summed E-state index contributed by atoms with van der Waals surface area (Å²) in [5.41, 5.74) is 0.0653. The minimum Gasteiger partial charge on any atom is -0.207 e. The Kier molecular flexibility index (Phi) is 5.84. The second-order valence-electron chi connectivity index (χ2n) is 6.68. The molecule has 27 heavy (non-hydrogen) atoms. The van der Waals surface area contributed by atoms with Gasteiger partial charge in [-0.3, -0.25) is 0 Å². The van der Waals surface area contributed by atoms with Gasteiger partial charge < -0.3 is 0 Å². The predicted molar refractivity (Wildman–Crippen MR) is 98.1 cm³/mol. The van der Waals surface area contributed by atoms with Crippen molar-refractivity contribution in [1.82, 2.24) is 4.31 Å². The average molecular weight is 418 g/mol. The van der Waals surface area contributed by atoms with E-state index in [-0.39, 0.29) is 4.90 Å². The molecule has 2 aromatic rings. The summed E-state index contributed by atoms with van der Waals surface area (Å²) in [6, 6.07) is 12.7. The Balaban J connectivity index is 1.72. The van der Waals surface area contributed by atoms with Crippen LogP contribution >= 0.6 is 11.6 Å². The zero-order valence-corrected chi connectivity index (χ0v) is 16.0. The van der Waals surface area contributed by atoms with E-state index < -0.39 is 26.8 Å². The minimum atomic E-state index is -4.70. The maximum absolute atomic E-state index is 13.0. The highest BCUT2D eigenvalue weighted by Crippen LogP contribution is 2.37. The first-order valence-electron chi connectivity index (χ1n) is 8.59. The highest BCUT2D eigenvalue weighted by molar-refractivity contribution is 7.89. The molecule has 0 N–H and O–H groups in total. The molecule has 0 saturated carbocycles. The molecule has 1 aliphatic rings. The van der Waals surface area contributed by atoms with Crippen molar-refractivity contribution >= 4 is 21.6 Å². The Morgan fingerprint density at radius 3 is 2.26 bits per heavy atom. The third-order valence-electron chi connectivity index (χ3n) is 4.82. The van der Waals surface area contributed by atoms with Crippen LogP contribution < -0.4 is 0 Å². The van der Waals surface area contributed by atoms with E-state index in [9.17, 15) is 21.6 Å². The summed E-state index contributed by atoms with van der Waals surface area (Å²) in [6.45, 7) is 0.591. The molecule has 3 rings (SSSR count). The fraction of sp³-hybridized carbons (Fsp3) is 0.368. The lowest BCUT2D eigenvalue weighted by Gasteiger charge is -2.31. The topological polar surface area (TPSA) is 37.4 Å². The molecule has 146 valence electrons. The first-order chi connectivity index (χ1) is 12.7. The van der Waals surface area contributed by atoms with Gasteiger partial charge in [0.1, 0.15) is 0 Å². The monoisotopic (exact) mass is 417 g/mol. The molecule has 8 heteroatoms. The summed E-state index contributed by atoms with van der Waals surface area (Å²) in [6.07, 6.45) is -2.49. The van der Waals surface area contributed by atoms with Gasteiger partial charge in [0.05, 0.1) is 15.5 Å². The summed E-state index contributed by atoms with van der Waals surface area (Å²) in [5.74, 6) is 0.356. The molecule has 0 spiro atoms. The van der Waals surface area contributed by atoms with Crippen molar-refractivity contribution in [3.63, 3.8) is 0 Å². The van der Waals surface area contributed by atoms with E-state index in [0.29, 0.717) is 37.9 Å². The van der Waals surface area contributed by atoms with Crippen LogP contribution in [0, 0.1) is 5.92 Å². The fourth-order valence-corrected chi connectivity index (χ4v) is 5.05. The average Bonchev–Trinajstić information content (AvgIpc) is 2.62. The minimum absolute atomic E-state index is 0.295. The number of benzene rings is 2. The molecule has 0 aromatic heterocycles. The van der Waals surface area contributed by atoms with Gasteiger partial charge in [0.2, 0.25) is 10.0 Å². The predicted octanol–water partition coefficient (Wildman–Crippen LogP) is 5.00. The molecule has 1 saturated heterocycles. The van der Waals surface area contributed by atoms with E-state index in [0.717, 1.165) is 18.6 Å². The van der Waals surface area contributed by atoms with Crippen LogP contribution in [0.25, 0.3) is 0 Å². The molecule has 1 heterocycles. The number of hydrogen-bond acceptors (Lipinski definition) is 2. The third kappa shape index (κ3) is 4.65. The Bertz CT molecular complexity index is 893. The van der Waals surface area contributed by atoms with Gasteiger partial charge in [-0.1, -0.05) is 41.9 Å². The number of rotatable bonds is 4. The van der Waals surface area contributed by atoms with Gasteiger partial charge >= 0.3 is 6.18 Å². The number of piperidine rings is 1. The van der Waals surface area contributed by atoms with Gasteiger partial charge in [0, 0.05) is 13.1 Å². The van der Waals surface area contributed by atoms with Crippen LogP contribution in [0.15, 0.2) is 53.4 Å². The lowest BCUT2D eigenvalue weighted by molar-refractivity contribution is -0.137. The van der Waals surface area contributed by atoms with Gasteiger partial charge in [-0.15, -0.1) is 0 Å². The first kappa shape index (κ1) is 20.2. The first-order valence-corrected chi connectivity index (χ1v) is 10.4. The number of alkyl halides is 3. The van der Waals surface area contributed by atoms with Crippen LogP contribution in [0.4, 0.5) is 13.2 Å². The third-order valence-corrected chi connectivity index (χ3v) is 7.05. The SMILES string of the molecule is O=S(=O)(c1ccc(Cl)c(C(F)(F)F)c1)N1CCC(Cc2ccccc2)CC1. The van der Waals surface area contributed by atoms with Crippen molar-refractivity contribution < 1.29 is 21.6 Å². The normalized spacial score (nSPS) is 17.2. The molecule has 1 fully saturated rings. The van der Waals surface area contributed by atoms with Gasteiger partial charge in [-0.05, 0) is 48.9 Å². The van der Waals surface area contributed by atoms with E-state index in [4.69, 9.17) is 11.6 Å². The van der Waals surface area contributed by atoms with Crippen molar-refractivity contribution in [2.75, 3.05) is 13.1 Å². The zero-order valence-electron chi connectivity index (χ0n) is 14.4.